The van der Waals surface area contributed by atoms with Crippen LogP contribution in [0.2, 0.25) is 0 Å². The Kier molecular flexibility index (Phi) is 6.89. The third-order valence-corrected chi connectivity index (χ3v) is 9.81. The molecule has 6 atom stereocenters. The average molecular weight is 597 g/mol. The normalized spacial score (nSPS) is 30.4. The van der Waals surface area contributed by atoms with Crippen molar-refractivity contribution in [2.45, 2.75) is 49.7 Å². The Hall–Kier alpha value is -4.35. The number of carbonyl (C=O) groups excluding carboxylic acids is 3. The molecule has 1 spiro atoms. The van der Waals surface area contributed by atoms with Gasteiger partial charge in [-0.1, -0.05) is 78.9 Å². The maximum atomic E-state index is 14.8. The number of hydrogen-bond acceptors (Lipinski definition) is 7. The summed E-state index contributed by atoms with van der Waals surface area (Å²) in [5.74, 6) is -2.64. The molecule has 44 heavy (non-hydrogen) atoms. The number of carbonyl (C=O) groups is 3. The monoisotopic (exact) mass is 596 g/mol. The summed E-state index contributed by atoms with van der Waals surface area (Å²) in [5, 5.41) is 19.3. The van der Waals surface area contributed by atoms with Gasteiger partial charge in [-0.2, -0.15) is 0 Å². The Labute approximate surface area is 255 Å². The summed E-state index contributed by atoms with van der Waals surface area (Å²) in [7, 11) is 1.72. The van der Waals surface area contributed by atoms with E-state index in [2.05, 4.69) is 10.3 Å². The van der Waals surface area contributed by atoms with E-state index in [1.807, 2.05) is 85.8 Å². The molecule has 5 heterocycles. The molecule has 11 nitrogen and oxygen atoms in total. The van der Waals surface area contributed by atoms with Gasteiger partial charge < -0.3 is 24.5 Å². The predicted octanol–water partition coefficient (Wildman–Crippen LogP) is 1.78. The number of amides is 3. The Morgan fingerprint density at radius 1 is 0.955 bits per heavy atom. The molecule has 1 N–H and O–H groups in total. The number of aromatic nitrogens is 3. The molecule has 0 bridgehead atoms. The minimum atomic E-state index is -1.41. The Morgan fingerprint density at radius 2 is 1.70 bits per heavy atom. The van der Waals surface area contributed by atoms with Gasteiger partial charge in [-0.25, -0.2) is 4.68 Å². The summed E-state index contributed by atoms with van der Waals surface area (Å²) >= 11 is 0. The van der Waals surface area contributed by atoms with Gasteiger partial charge in [0, 0.05) is 20.1 Å². The van der Waals surface area contributed by atoms with Gasteiger partial charge in [0.05, 0.1) is 35.6 Å². The number of aliphatic hydroxyl groups excluding tert-OH is 1. The number of benzene rings is 2. The van der Waals surface area contributed by atoms with E-state index in [4.69, 9.17) is 4.74 Å². The molecule has 2 saturated heterocycles. The number of para-hydroxylation sites is 1. The molecule has 2 fully saturated rings. The van der Waals surface area contributed by atoms with Crippen LogP contribution >= 0.6 is 0 Å². The minimum Gasteiger partial charge on any atom is -0.394 e. The topological polar surface area (TPSA) is 121 Å². The first-order valence-electron chi connectivity index (χ1n) is 15.2. The summed E-state index contributed by atoms with van der Waals surface area (Å²) in [6.07, 6.45) is 8.31. The maximum Gasteiger partial charge on any atom is 0.250 e. The molecule has 7 rings (SSSR count). The highest BCUT2D eigenvalue weighted by molar-refractivity contribution is 6.00. The van der Waals surface area contributed by atoms with Gasteiger partial charge in [0.2, 0.25) is 11.8 Å². The van der Waals surface area contributed by atoms with Crippen LogP contribution in [0, 0.1) is 11.8 Å². The molecule has 11 heteroatoms. The van der Waals surface area contributed by atoms with Gasteiger partial charge in [-0.15, -0.1) is 5.10 Å². The number of likely N-dealkylation sites (tertiary alicyclic amines) is 1. The molecule has 4 aliphatic rings. The average Bonchev–Trinajstić information content (AvgIpc) is 3.59. The molecule has 0 radical (unpaired) electrons. The lowest BCUT2D eigenvalue weighted by molar-refractivity contribution is -0.157. The van der Waals surface area contributed by atoms with E-state index in [0.29, 0.717) is 24.9 Å². The molecule has 228 valence electrons. The van der Waals surface area contributed by atoms with Crippen molar-refractivity contribution >= 4 is 28.8 Å². The maximum absolute atomic E-state index is 14.8. The summed E-state index contributed by atoms with van der Waals surface area (Å²) in [6.45, 7) is 2.35. The Bertz CT molecular complexity index is 1670. The second kappa shape index (κ2) is 10.7. The van der Waals surface area contributed by atoms with E-state index in [1.165, 1.54) is 4.90 Å². The predicted molar refractivity (Wildman–Crippen MR) is 161 cm³/mol. The smallest absolute Gasteiger partial charge is 0.250 e. The van der Waals surface area contributed by atoms with Gasteiger partial charge >= 0.3 is 0 Å². The molecular weight excluding hydrogens is 560 g/mol. The molecule has 0 aliphatic carbocycles. The van der Waals surface area contributed by atoms with Crippen molar-refractivity contribution < 1.29 is 24.2 Å². The Morgan fingerprint density at radius 3 is 2.48 bits per heavy atom. The highest BCUT2D eigenvalue weighted by atomic mass is 16.5. The van der Waals surface area contributed by atoms with Crippen LogP contribution < -0.4 is 0 Å². The van der Waals surface area contributed by atoms with E-state index in [9.17, 15) is 19.5 Å². The van der Waals surface area contributed by atoms with Crippen molar-refractivity contribution in [3.63, 3.8) is 0 Å². The number of hydrogen-bond donors (Lipinski definition) is 1. The first kappa shape index (κ1) is 28.4. The van der Waals surface area contributed by atoms with E-state index < -0.39 is 35.1 Å². The zero-order valence-corrected chi connectivity index (χ0v) is 24.8. The summed E-state index contributed by atoms with van der Waals surface area (Å²) < 4.78 is 8.68. The largest absolute Gasteiger partial charge is 0.394 e. The molecular formula is C33H36N6O5. The molecule has 4 aliphatic heterocycles. The summed E-state index contributed by atoms with van der Waals surface area (Å²) in [4.78, 5) is 48.4. The summed E-state index contributed by atoms with van der Waals surface area (Å²) in [6, 6.07) is 15.3. The molecule has 2 aromatic carbocycles. The second-order valence-corrected chi connectivity index (χ2v) is 12.2. The van der Waals surface area contributed by atoms with Crippen LogP contribution in [0.15, 0.2) is 78.9 Å². The molecule has 3 aromatic rings. The van der Waals surface area contributed by atoms with Crippen molar-refractivity contribution in [2.75, 3.05) is 26.7 Å². The highest BCUT2D eigenvalue weighted by Gasteiger charge is 2.75. The quantitative estimate of drug-likeness (QED) is 0.413. The first-order valence-corrected chi connectivity index (χ1v) is 15.2. The molecule has 1 aromatic heterocycles. The lowest BCUT2D eigenvalue weighted by Gasteiger charge is -2.40. The van der Waals surface area contributed by atoms with E-state index in [1.54, 1.807) is 21.5 Å². The van der Waals surface area contributed by atoms with Crippen LogP contribution in [0.5, 0.6) is 0 Å². The number of likely N-dealkylation sites (N-methyl/N-ethyl adjacent to an activating group) is 1. The van der Waals surface area contributed by atoms with Gasteiger partial charge in [0.1, 0.15) is 23.8 Å². The molecule has 0 saturated carbocycles. The van der Waals surface area contributed by atoms with E-state index in [0.717, 1.165) is 11.1 Å². The number of rotatable bonds is 7. The second-order valence-electron chi connectivity index (χ2n) is 12.2. The standard InChI is InChI=1S/C33H36N6O5/c1-3-32-15-9-17-36(2)29(41)26(32)27-30(42)39(23(20-40)19-22-11-5-4-6-12-22)28-31(43)37(18-10-16-33(27,28)44-32)21-38-25-14-8-7-13-24(25)34-35-38/h4-16,23,26-28,40H,3,17-21H2,1-2H3/t23-,26+,27+,28?,32-,33+/m1/s1. The van der Waals surface area contributed by atoms with Crippen molar-refractivity contribution in [1.29, 1.82) is 0 Å². The van der Waals surface area contributed by atoms with Crippen LogP contribution in [0.1, 0.15) is 18.9 Å². The SMILES string of the molecule is CC[C@@]12C=CCN(C)C(=O)[C@@H]1[C@H]1C(=O)N([C@@H](CO)Cc3ccccc3)C3C(=O)N(Cn4nnc5ccccc54)CC=C[C@@]31O2. The van der Waals surface area contributed by atoms with Gasteiger partial charge in [0.15, 0.2) is 0 Å². The van der Waals surface area contributed by atoms with Crippen LogP contribution in [-0.4, -0.2) is 103 Å². The Balaban J connectivity index is 1.35. The first-order chi connectivity index (χ1) is 21.3. The summed E-state index contributed by atoms with van der Waals surface area (Å²) in [5.41, 5.74) is -0.0500. The zero-order valence-electron chi connectivity index (χ0n) is 24.8. The fourth-order valence-corrected chi connectivity index (χ4v) is 7.71. The van der Waals surface area contributed by atoms with Crippen molar-refractivity contribution in [3.8, 4) is 0 Å². The fourth-order valence-electron chi connectivity index (χ4n) is 7.71. The molecule has 1 unspecified atom stereocenters. The van der Waals surface area contributed by atoms with E-state index in [-0.39, 0.29) is 37.5 Å². The van der Waals surface area contributed by atoms with Crippen LogP contribution in [0.25, 0.3) is 11.0 Å². The van der Waals surface area contributed by atoms with Gasteiger partial charge in [-0.05, 0) is 30.5 Å². The van der Waals surface area contributed by atoms with Crippen LogP contribution in [0.3, 0.4) is 0 Å². The highest BCUT2D eigenvalue weighted by Crippen LogP contribution is 2.59. The lowest BCUT2D eigenvalue weighted by Crippen LogP contribution is -2.59. The number of ether oxygens (including phenoxy) is 1. The van der Waals surface area contributed by atoms with E-state index >= 15 is 0 Å². The zero-order chi connectivity index (χ0) is 30.6. The lowest BCUT2D eigenvalue weighted by atomic mass is 9.73. The molecule has 3 amide bonds. The van der Waals surface area contributed by atoms with Crippen LogP contribution in [0.4, 0.5) is 0 Å². The van der Waals surface area contributed by atoms with Crippen molar-refractivity contribution in [2.24, 2.45) is 11.8 Å². The third kappa shape index (κ3) is 4.13. The van der Waals surface area contributed by atoms with Crippen molar-refractivity contribution in [3.05, 3.63) is 84.5 Å². The fraction of sp³-hybridized carbons (Fsp3) is 0.424. The number of nitrogens with zero attached hydrogens (tertiary/aromatic N) is 6. The minimum absolute atomic E-state index is 0.107. The van der Waals surface area contributed by atoms with Crippen molar-refractivity contribution in [1.82, 2.24) is 29.7 Å². The van der Waals surface area contributed by atoms with Gasteiger partial charge in [-0.3, -0.25) is 14.4 Å². The number of aliphatic hydroxyl groups is 1. The number of fused-ring (bicyclic) bond motifs is 3. The third-order valence-electron chi connectivity index (χ3n) is 9.81. The van der Waals surface area contributed by atoms with Gasteiger partial charge in [0.25, 0.3) is 5.91 Å². The van der Waals surface area contributed by atoms with Crippen LogP contribution in [-0.2, 0) is 32.2 Å².